The SMILES string of the molecule is CCCCCCS(F)(CC)P(O)(O)=S. The quantitative estimate of drug-likeness (QED) is 0.545. The lowest BCUT2D eigenvalue weighted by Crippen LogP contribution is -2.02. The molecule has 2 N–H and O–H groups in total. The van der Waals surface area contributed by atoms with Crippen LogP contribution in [0.15, 0.2) is 0 Å². The third-order valence-corrected chi connectivity index (χ3v) is 11.1. The first kappa shape index (κ1) is 14.8. The first-order valence-corrected chi connectivity index (χ1v) is 10.1. The van der Waals surface area contributed by atoms with Crippen molar-refractivity contribution >= 4 is 27.5 Å². The van der Waals surface area contributed by atoms with E-state index in [4.69, 9.17) is 0 Å². The Labute approximate surface area is 92.4 Å². The monoisotopic (exact) mass is 262 g/mol. The maximum absolute atomic E-state index is 14.0. The van der Waals surface area contributed by atoms with Crippen LogP contribution in [-0.2, 0) is 11.8 Å². The van der Waals surface area contributed by atoms with Crippen LogP contribution in [0.3, 0.4) is 0 Å². The summed E-state index contributed by atoms with van der Waals surface area (Å²) in [5, 5.41) is 0. The van der Waals surface area contributed by atoms with Crippen molar-refractivity contribution in [2.45, 2.75) is 39.5 Å². The molecule has 0 bridgehead atoms. The summed E-state index contributed by atoms with van der Waals surface area (Å²) in [7, 11) is -2.84. The Kier molecular flexibility index (Phi) is 6.83. The Hall–Kier alpha value is 0.850. The lowest BCUT2D eigenvalue weighted by Gasteiger charge is -2.32. The van der Waals surface area contributed by atoms with Gasteiger partial charge in [0.05, 0.1) is 0 Å². The highest BCUT2D eigenvalue weighted by atomic mass is 33.0. The number of unbranched alkanes of at least 4 members (excludes halogenated alkanes) is 3. The van der Waals surface area contributed by atoms with Crippen LogP contribution in [-0.4, -0.2) is 21.3 Å². The summed E-state index contributed by atoms with van der Waals surface area (Å²) in [6.07, 6.45) is 3.82. The molecule has 0 aromatic carbocycles. The minimum atomic E-state index is -3.69. The molecule has 0 aliphatic rings. The van der Waals surface area contributed by atoms with Crippen molar-refractivity contribution in [1.29, 1.82) is 0 Å². The van der Waals surface area contributed by atoms with Crippen LogP contribution in [0.4, 0.5) is 3.89 Å². The molecule has 0 aromatic rings. The fourth-order valence-electron chi connectivity index (χ4n) is 1.18. The highest BCUT2D eigenvalue weighted by molar-refractivity contribution is 8.82. The maximum Gasteiger partial charge on any atom is 0.251 e. The van der Waals surface area contributed by atoms with Crippen LogP contribution in [0.25, 0.3) is 0 Å². The molecule has 0 saturated carbocycles. The molecule has 0 aliphatic heterocycles. The van der Waals surface area contributed by atoms with Gasteiger partial charge in [-0.05, 0) is 28.3 Å². The van der Waals surface area contributed by atoms with E-state index in [0.29, 0.717) is 6.42 Å². The molecule has 14 heavy (non-hydrogen) atoms. The van der Waals surface area contributed by atoms with Gasteiger partial charge in [-0.3, -0.25) is 0 Å². The number of halogens is 1. The Bertz CT molecular complexity index is 210. The van der Waals surface area contributed by atoms with Gasteiger partial charge in [0.2, 0.25) is 0 Å². The molecule has 0 amide bonds. The van der Waals surface area contributed by atoms with E-state index < -0.39 is 15.7 Å². The number of hydrogen-bond donors (Lipinski definition) is 2. The molecule has 0 heterocycles. The van der Waals surface area contributed by atoms with Gasteiger partial charge in [-0.1, -0.05) is 33.1 Å². The third kappa shape index (κ3) is 4.58. The first-order valence-electron chi connectivity index (χ1n) is 4.91. The summed E-state index contributed by atoms with van der Waals surface area (Å²) >= 11 is 4.48. The van der Waals surface area contributed by atoms with Crippen molar-refractivity contribution in [2.75, 3.05) is 11.5 Å². The summed E-state index contributed by atoms with van der Waals surface area (Å²) in [6, 6.07) is 0. The van der Waals surface area contributed by atoms with Gasteiger partial charge in [0.1, 0.15) is 0 Å². The van der Waals surface area contributed by atoms with Crippen molar-refractivity contribution in [3.05, 3.63) is 0 Å². The van der Waals surface area contributed by atoms with Crippen LogP contribution in [0.1, 0.15) is 39.5 Å². The third-order valence-electron chi connectivity index (χ3n) is 2.18. The largest absolute Gasteiger partial charge is 0.337 e. The summed E-state index contributed by atoms with van der Waals surface area (Å²) < 4.78 is 14.0. The average Bonchev–Trinajstić information content (AvgIpc) is 2.10. The van der Waals surface area contributed by atoms with E-state index in [2.05, 4.69) is 18.7 Å². The molecule has 1 atom stereocenters. The Morgan fingerprint density at radius 1 is 1.21 bits per heavy atom. The van der Waals surface area contributed by atoms with Gasteiger partial charge in [-0.15, -0.1) is 0 Å². The van der Waals surface area contributed by atoms with Crippen LogP contribution >= 0.6 is 15.7 Å². The van der Waals surface area contributed by atoms with Crippen LogP contribution in [0.2, 0.25) is 0 Å². The molecule has 6 heteroatoms. The van der Waals surface area contributed by atoms with Crippen molar-refractivity contribution in [2.24, 2.45) is 0 Å². The topological polar surface area (TPSA) is 40.5 Å². The van der Waals surface area contributed by atoms with E-state index in [1.807, 2.05) is 0 Å². The lowest BCUT2D eigenvalue weighted by molar-refractivity contribution is 0.497. The minimum absolute atomic E-state index is 0.170. The predicted octanol–water partition coefficient (Wildman–Crippen LogP) is 3.48. The second-order valence-electron chi connectivity index (χ2n) is 3.29. The molecule has 0 aromatic heterocycles. The van der Waals surface area contributed by atoms with E-state index in [9.17, 15) is 13.7 Å². The maximum atomic E-state index is 14.0. The van der Waals surface area contributed by atoms with Gasteiger partial charge in [-0.25, -0.2) is 0 Å². The second kappa shape index (κ2) is 6.44. The number of hydrogen-bond acceptors (Lipinski definition) is 1. The summed E-state index contributed by atoms with van der Waals surface area (Å²) in [4.78, 5) is 18.5. The molecular formula is C8H20FO2PS2. The van der Waals surface area contributed by atoms with E-state index in [0.717, 1.165) is 19.3 Å². The molecule has 0 rings (SSSR count). The van der Waals surface area contributed by atoms with Crippen molar-refractivity contribution in [3.8, 4) is 0 Å². The smallest absolute Gasteiger partial charge is 0.251 e. The van der Waals surface area contributed by atoms with Crippen molar-refractivity contribution in [1.82, 2.24) is 0 Å². The molecule has 0 fully saturated rings. The zero-order valence-corrected chi connectivity index (χ0v) is 11.3. The molecule has 0 aliphatic carbocycles. The minimum Gasteiger partial charge on any atom is -0.337 e. The second-order valence-corrected chi connectivity index (χ2v) is 12.5. The Balaban J connectivity index is 4.08. The van der Waals surface area contributed by atoms with E-state index in [1.54, 1.807) is 6.92 Å². The van der Waals surface area contributed by atoms with E-state index >= 15 is 0 Å². The van der Waals surface area contributed by atoms with Gasteiger partial charge in [0.15, 0.2) is 0 Å². The van der Waals surface area contributed by atoms with E-state index in [1.165, 1.54) is 0 Å². The molecule has 0 radical (unpaired) electrons. The first-order chi connectivity index (χ1) is 6.37. The highest BCUT2D eigenvalue weighted by Crippen LogP contribution is 2.78. The van der Waals surface area contributed by atoms with Crippen molar-refractivity contribution in [3.63, 3.8) is 0 Å². The molecular weight excluding hydrogens is 242 g/mol. The molecule has 0 saturated heterocycles. The Morgan fingerprint density at radius 2 is 1.79 bits per heavy atom. The van der Waals surface area contributed by atoms with Crippen molar-refractivity contribution < 1.29 is 13.7 Å². The normalized spacial score (nSPS) is 18.9. The predicted molar refractivity (Wildman–Crippen MR) is 67.0 cm³/mol. The van der Waals surface area contributed by atoms with Gasteiger partial charge in [0, 0.05) is 11.5 Å². The Morgan fingerprint density at radius 3 is 2.14 bits per heavy atom. The standard InChI is InChI=1S/C8H20FO2PS2/c1-3-5-6-7-8-14(9,4-2)12(10,11)13/h3-8H2,1-2H3,(H2,10,11,13). The lowest BCUT2D eigenvalue weighted by atomic mass is 10.2. The zero-order valence-electron chi connectivity index (χ0n) is 8.78. The van der Waals surface area contributed by atoms with Crippen LogP contribution < -0.4 is 0 Å². The fourth-order valence-corrected chi connectivity index (χ4v) is 6.42. The highest BCUT2D eigenvalue weighted by Gasteiger charge is 2.35. The summed E-state index contributed by atoms with van der Waals surface area (Å²) in [5.41, 5.74) is -3.69. The van der Waals surface area contributed by atoms with Gasteiger partial charge >= 0.3 is 0 Å². The van der Waals surface area contributed by atoms with Crippen LogP contribution in [0, 0.1) is 0 Å². The van der Waals surface area contributed by atoms with Gasteiger partial charge in [-0.2, -0.15) is 3.89 Å². The van der Waals surface area contributed by atoms with E-state index in [-0.39, 0.29) is 11.5 Å². The molecule has 2 nitrogen and oxygen atoms in total. The molecule has 0 spiro atoms. The van der Waals surface area contributed by atoms with Gasteiger partial charge < -0.3 is 9.79 Å². The average molecular weight is 262 g/mol. The summed E-state index contributed by atoms with van der Waals surface area (Å²) in [5.74, 6) is 0.428. The zero-order chi connectivity index (χ0) is 11.2. The fraction of sp³-hybridized carbons (Fsp3) is 1.00. The van der Waals surface area contributed by atoms with Crippen LogP contribution in [0.5, 0.6) is 0 Å². The summed E-state index contributed by atoms with van der Waals surface area (Å²) in [6.45, 7) is 3.72. The number of rotatable bonds is 7. The molecule has 88 valence electrons. The van der Waals surface area contributed by atoms with Gasteiger partial charge in [0.25, 0.3) is 5.69 Å². The molecule has 1 unspecified atom stereocenters.